The summed E-state index contributed by atoms with van der Waals surface area (Å²) in [6, 6.07) is 5.40. The minimum atomic E-state index is -0.882. The molecule has 0 heterocycles. The van der Waals surface area contributed by atoms with Crippen LogP contribution in [0.2, 0.25) is 0 Å². The molecule has 3 heteroatoms. The first kappa shape index (κ1) is 9.58. The molecule has 0 atom stereocenters. The predicted molar refractivity (Wildman–Crippen MR) is 52.5 cm³/mol. The van der Waals surface area contributed by atoms with Gasteiger partial charge in [0.1, 0.15) is 0 Å². The van der Waals surface area contributed by atoms with Gasteiger partial charge in [0.15, 0.2) is 0 Å². The van der Waals surface area contributed by atoms with Gasteiger partial charge >= 0.3 is 5.97 Å². The zero-order chi connectivity index (χ0) is 10.0. The molecule has 0 saturated heterocycles. The van der Waals surface area contributed by atoms with E-state index in [1.807, 2.05) is 33.2 Å². The summed E-state index contributed by atoms with van der Waals surface area (Å²) < 4.78 is 0. The maximum absolute atomic E-state index is 10.9. The van der Waals surface area contributed by atoms with Gasteiger partial charge in [-0.2, -0.15) is 0 Å². The molecule has 0 aliphatic rings. The number of benzene rings is 1. The van der Waals surface area contributed by atoms with Crippen molar-refractivity contribution >= 4 is 11.7 Å². The Balaban J connectivity index is 3.27. The monoisotopic (exact) mass is 179 g/mol. The average Bonchev–Trinajstić information content (AvgIpc) is 2.03. The summed E-state index contributed by atoms with van der Waals surface area (Å²) in [5, 5.41) is 8.91. The lowest BCUT2D eigenvalue weighted by molar-refractivity contribution is 0.0697. The van der Waals surface area contributed by atoms with Crippen molar-refractivity contribution in [2.24, 2.45) is 0 Å². The van der Waals surface area contributed by atoms with Crippen molar-refractivity contribution in [3.05, 3.63) is 29.3 Å². The van der Waals surface area contributed by atoms with E-state index in [2.05, 4.69) is 0 Å². The Morgan fingerprint density at radius 2 is 2.00 bits per heavy atom. The van der Waals surface area contributed by atoms with Crippen LogP contribution in [-0.2, 0) is 0 Å². The van der Waals surface area contributed by atoms with Crippen molar-refractivity contribution in [3.8, 4) is 0 Å². The molecule has 0 aromatic heterocycles. The van der Waals surface area contributed by atoms with Crippen molar-refractivity contribution in [3.63, 3.8) is 0 Å². The molecule has 0 bridgehead atoms. The maximum atomic E-state index is 10.9. The van der Waals surface area contributed by atoms with Gasteiger partial charge in [-0.1, -0.05) is 11.6 Å². The third-order valence-electron chi connectivity index (χ3n) is 1.86. The fourth-order valence-corrected chi connectivity index (χ4v) is 1.21. The molecule has 1 rings (SSSR count). The van der Waals surface area contributed by atoms with Crippen LogP contribution in [0.15, 0.2) is 18.2 Å². The molecule has 1 aromatic carbocycles. The van der Waals surface area contributed by atoms with Gasteiger partial charge in [-0.15, -0.1) is 0 Å². The molecule has 1 aromatic rings. The summed E-state index contributed by atoms with van der Waals surface area (Å²) in [6.45, 7) is 1.88. The van der Waals surface area contributed by atoms with E-state index in [4.69, 9.17) is 5.11 Å². The van der Waals surface area contributed by atoms with Crippen LogP contribution in [0.4, 0.5) is 5.69 Å². The molecule has 0 aliphatic heterocycles. The van der Waals surface area contributed by atoms with Gasteiger partial charge in [0.05, 0.1) is 11.3 Å². The number of aromatic carboxylic acids is 1. The lowest BCUT2D eigenvalue weighted by Crippen LogP contribution is -2.13. The molecule has 0 aliphatic carbocycles. The zero-order valence-electron chi connectivity index (χ0n) is 8.03. The van der Waals surface area contributed by atoms with Gasteiger partial charge in [-0.3, -0.25) is 0 Å². The number of anilines is 1. The van der Waals surface area contributed by atoms with Crippen LogP contribution in [0, 0.1) is 6.92 Å². The number of rotatable bonds is 2. The Morgan fingerprint density at radius 1 is 1.38 bits per heavy atom. The summed E-state index contributed by atoms with van der Waals surface area (Å²) in [4.78, 5) is 12.6. The first-order valence-corrected chi connectivity index (χ1v) is 4.03. The van der Waals surface area contributed by atoms with Crippen molar-refractivity contribution in [1.82, 2.24) is 0 Å². The fourth-order valence-electron chi connectivity index (χ4n) is 1.21. The normalized spacial score (nSPS) is 9.77. The maximum Gasteiger partial charge on any atom is 0.337 e. The number of hydrogen-bond acceptors (Lipinski definition) is 2. The second-order valence-corrected chi connectivity index (χ2v) is 3.22. The van der Waals surface area contributed by atoms with Gasteiger partial charge in [0.2, 0.25) is 0 Å². The number of nitrogens with zero attached hydrogens (tertiary/aromatic N) is 1. The van der Waals surface area contributed by atoms with Crippen LogP contribution in [0.25, 0.3) is 0 Å². The van der Waals surface area contributed by atoms with Gasteiger partial charge in [-0.05, 0) is 19.1 Å². The number of carbonyl (C=O) groups is 1. The number of aryl methyl sites for hydroxylation is 1. The highest BCUT2D eigenvalue weighted by atomic mass is 16.4. The standard InChI is InChI=1S/C10H13NO2/c1-7-4-5-9(11(2)3)8(6-7)10(12)13/h4-6H,1-3H3,(H,12,13). The van der Waals surface area contributed by atoms with Crippen LogP contribution in [0.3, 0.4) is 0 Å². The zero-order valence-corrected chi connectivity index (χ0v) is 8.03. The molecule has 0 fully saturated rings. The molecule has 70 valence electrons. The van der Waals surface area contributed by atoms with E-state index < -0.39 is 5.97 Å². The van der Waals surface area contributed by atoms with Crippen LogP contribution >= 0.6 is 0 Å². The third-order valence-corrected chi connectivity index (χ3v) is 1.86. The third kappa shape index (κ3) is 1.99. The highest BCUT2D eigenvalue weighted by molar-refractivity contribution is 5.94. The van der Waals surface area contributed by atoms with E-state index in [-0.39, 0.29) is 0 Å². The lowest BCUT2D eigenvalue weighted by atomic mass is 10.1. The Bertz CT molecular complexity index is 332. The molecule has 1 N–H and O–H groups in total. The minimum absolute atomic E-state index is 0.352. The van der Waals surface area contributed by atoms with Crippen LogP contribution in [0.5, 0.6) is 0 Å². The predicted octanol–water partition coefficient (Wildman–Crippen LogP) is 1.76. The highest BCUT2D eigenvalue weighted by Gasteiger charge is 2.10. The Labute approximate surface area is 77.6 Å². The molecule has 0 radical (unpaired) electrons. The first-order valence-electron chi connectivity index (χ1n) is 4.03. The number of carboxylic acids is 1. The van der Waals surface area contributed by atoms with E-state index in [9.17, 15) is 4.79 Å². The lowest BCUT2D eigenvalue weighted by Gasteiger charge is -2.15. The molecule has 0 amide bonds. The van der Waals surface area contributed by atoms with Crippen molar-refractivity contribution in [2.45, 2.75) is 6.92 Å². The summed E-state index contributed by atoms with van der Waals surface area (Å²) in [7, 11) is 3.66. The first-order chi connectivity index (χ1) is 6.02. The van der Waals surface area contributed by atoms with Crippen molar-refractivity contribution in [1.29, 1.82) is 0 Å². The van der Waals surface area contributed by atoms with Gasteiger partial charge in [-0.25, -0.2) is 4.79 Å². The summed E-state index contributed by atoms with van der Waals surface area (Å²) in [5.41, 5.74) is 2.05. The SMILES string of the molecule is Cc1ccc(N(C)C)c(C(=O)O)c1. The van der Waals surface area contributed by atoms with E-state index >= 15 is 0 Å². The van der Waals surface area contributed by atoms with E-state index in [1.54, 1.807) is 11.0 Å². The molecular formula is C10H13NO2. The van der Waals surface area contributed by atoms with Crippen LogP contribution in [-0.4, -0.2) is 25.2 Å². The summed E-state index contributed by atoms with van der Waals surface area (Å²) in [5.74, 6) is -0.882. The van der Waals surface area contributed by atoms with E-state index in [0.29, 0.717) is 5.56 Å². The van der Waals surface area contributed by atoms with E-state index in [1.165, 1.54) is 0 Å². The molecule has 0 unspecified atom stereocenters. The number of hydrogen-bond donors (Lipinski definition) is 1. The van der Waals surface area contributed by atoms with Crippen LogP contribution in [0.1, 0.15) is 15.9 Å². The largest absolute Gasteiger partial charge is 0.478 e. The molecule has 13 heavy (non-hydrogen) atoms. The van der Waals surface area contributed by atoms with Gasteiger partial charge in [0.25, 0.3) is 0 Å². The van der Waals surface area contributed by atoms with Crippen molar-refractivity contribution in [2.75, 3.05) is 19.0 Å². The number of carboxylic acid groups (broad SMARTS) is 1. The van der Waals surface area contributed by atoms with E-state index in [0.717, 1.165) is 11.3 Å². The van der Waals surface area contributed by atoms with Crippen molar-refractivity contribution < 1.29 is 9.90 Å². The van der Waals surface area contributed by atoms with Crippen LogP contribution < -0.4 is 4.90 Å². The van der Waals surface area contributed by atoms with Gasteiger partial charge < -0.3 is 10.0 Å². The molecule has 0 spiro atoms. The quantitative estimate of drug-likeness (QED) is 0.752. The topological polar surface area (TPSA) is 40.5 Å². The Morgan fingerprint density at radius 3 is 2.46 bits per heavy atom. The molecular weight excluding hydrogens is 166 g/mol. The molecule has 0 saturated carbocycles. The Kier molecular flexibility index (Phi) is 2.56. The van der Waals surface area contributed by atoms with Gasteiger partial charge in [0, 0.05) is 14.1 Å². The Hall–Kier alpha value is -1.51. The summed E-state index contributed by atoms with van der Waals surface area (Å²) in [6.07, 6.45) is 0. The second kappa shape index (κ2) is 3.47. The summed E-state index contributed by atoms with van der Waals surface area (Å²) >= 11 is 0. The fraction of sp³-hybridized carbons (Fsp3) is 0.300. The highest BCUT2D eigenvalue weighted by Crippen LogP contribution is 2.19. The molecule has 3 nitrogen and oxygen atoms in total. The second-order valence-electron chi connectivity index (χ2n) is 3.22. The average molecular weight is 179 g/mol. The minimum Gasteiger partial charge on any atom is -0.478 e. The smallest absolute Gasteiger partial charge is 0.337 e.